The third-order valence-corrected chi connectivity index (χ3v) is 13.6. The van der Waals surface area contributed by atoms with Crippen molar-refractivity contribution >= 4 is 28.0 Å². The van der Waals surface area contributed by atoms with Crippen molar-refractivity contribution in [1.82, 2.24) is 0 Å². The highest BCUT2D eigenvalue weighted by atomic mass is 16.5. The summed E-state index contributed by atoms with van der Waals surface area (Å²) < 4.78 is 14.1. The lowest BCUT2D eigenvalue weighted by atomic mass is 9.69. The Hall–Kier alpha value is -8.66. The van der Waals surface area contributed by atoms with E-state index in [0.717, 1.165) is 62.0 Å². The van der Waals surface area contributed by atoms with Gasteiger partial charge in [-0.25, -0.2) is 0 Å². The lowest BCUT2D eigenvalue weighted by Crippen LogP contribution is -2.31. The average molecular weight is 844 g/mol. The highest BCUT2D eigenvalue weighted by Gasteiger charge is 2.54. The third kappa shape index (κ3) is 5.98. The van der Waals surface area contributed by atoms with Gasteiger partial charge in [0.1, 0.15) is 16.7 Å². The summed E-state index contributed by atoms with van der Waals surface area (Å²) in [4.78, 5) is 2.32. The Labute approximate surface area is 384 Å². The zero-order valence-corrected chi connectivity index (χ0v) is 35.9. The monoisotopic (exact) mass is 843 g/mol. The average Bonchev–Trinajstić information content (AvgIpc) is 3.91. The molecular weight excluding hydrogens is 803 g/mol. The van der Waals surface area contributed by atoms with Crippen molar-refractivity contribution in [2.24, 2.45) is 0 Å². The topological polar surface area (TPSA) is 25.6 Å². The first-order valence-electron chi connectivity index (χ1n) is 22.6. The maximum atomic E-state index is 7.25. The molecule has 0 atom stereocenters. The van der Waals surface area contributed by atoms with Crippen LogP contribution < -0.4 is 9.64 Å². The van der Waals surface area contributed by atoms with E-state index in [9.17, 15) is 0 Å². The van der Waals surface area contributed by atoms with Crippen LogP contribution in [0.25, 0.3) is 66.6 Å². The Morgan fingerprint density at radius 1 is 0.318 bits per heavy atom. The summed E-state index contributed by atoms with van der Waals surface area (Å²) in [6.45, 7) is 0. The van der Waals surface area contributed by atoms with Crippen LogP contribution in [0, 0.1) is 0 Å². The van der Waals surface area contributed by atoms with Gasteiger partial charge in [0.05, 0.1) is 5.39 Å². The van der Waals surface area contributed by atoms with Gasteiger partial charge in [-0.15, -0.1) is 0 Å². The third-order valence-electron chi connectivity index (χ3n) is 13.6. The summed E-state index contributed by atoms with van der Waals surface area (Å²) in [5.41, 5.74) is 18.5. The minimum absolute atomic E-state index is 0.680. The molecule has 0 saturated carbocycles. The van der Waals surface area contributed by atoms with Crippen molar-refractivity contribution < 1.29 is 9.15 Å². The number of fused-ring (bicyclic) bond motifs is 11. The molecule has 11 aromatic rings. The van der Waals surface area contributed by atoms with Gasteiger partial charge in [0.25, 0.3) is 0 Å². The summed E-state index contributed by atoms with van der Waals surface area (Å²) in [5, 5.41) is 0.938. The summed E-state index contributed by atoms with van der Waals surface area (Å²) in [6.07, 6.45) is 0. The predicted octanol–water partition coefficient (Wildman–Crippen LogP) is 17.0. The highest BCUT2D eigenvalue weighted by Crippen LogP contribution is 2.63. The number of ether oxygens (including phenoxy) is 1. The van der Waals surface area contributed by atoms with E-state index >= 15 is 0 Å². The maximum Gasteiger partial charge on any atom is 0.178 e. The molecule has 10 aromatic carbocycles. The van der Waals surface area contributed by atoms with E-state index in [4.69, 9.17) is 9.15 Å². The van der Waals surface area contributed by atoms with Crippen molar-refractivity contribution in [2.45, 2.75) is 5.41 Å². The molecule has 310 valence electrons. The van der Waals surface area contributed by atoms with Crippen molar-refractivity contribution in [3.63, 3.8) is 0 Å². The number of hydrogen-bond donors (Lipinski definition) is 0. The Balaban J connectivity index is 0.924. The number of rotatable bonds is 7. The lowest BCUT2D eigenvalue weighted by Gasteiger charge is -2.36. The van der Waals surface area contributed by atoms with Crippen LogP contribution in [-0.4, -0.2) is 0 Å². The van der Waals surface area contributed by atoms with Crippen LogP contribution in [0.2, 0.25) is 0 Å². The molecule has 0 saturated heterocycles. The van der Waals surface area contributed by atoms with Gasteiger partial charge < -0.3 is 14.1 Å². The fourth-order valence-corrected chi connectivity index (χ4v) is 10.4. The molecule has 2 aliphatic rings. The van der Waals surface area contributed by atoms with Gasteiger partial charge in [0.15, 0.2) is 11.5 Å². The Kier molecular flexibility index (Phi) is 8.75. The van der Waals surface area contributed by atoms with Crippen LogP contribution in [0.4, 0.5) is 17.1 Å². The van der Waals surface area contributed by atoms with Gasteiger partial charge in [-0.1, -0.05) is 200 Å². The quantitative estimate of drug-likeness (QED) is 0.160. The van der Waals surface area contributed by atoms with Crippen LogP contribution in [0.5, 0.6) is 11.5 Å². The molecule has 0 fully saturated rings. The molecule has 3 nitrogen and oxygen atoms in total. The van der Waals surface area contributed by atoms with Gasteiger partial charge in [-0.2, -0.15) is 0 Å². The summed E-state index contributed by atoms with van der Waals surface area (Å²) in [6, 6.07) is 88.9. The van der Waals surface area contributed by atoms with Crippen molar-refractivity contribution in [3.05, 3.63) is 271 Å². The van der Waals surface area contributed by atoms with E-state index in [1.54, 1.807) is 0 Å². The number of benzene rings is 10. The van der Waals surface area contributed by atoms with Gasteiger partial charge in [0, 0.05) is 28.7 Å². The Morgan fingerprint density at radius 3 is 1.18 bits per heavy atom. The Morgan fingerprint density at radius 2 is 0.697 bits per heavy atom. The predicted molar refractivity (Wildman–Crippen MR) is 270 cm³/mol. The molecule has 1 aliphatic carbocycles. The molecule has 1 spiro atoms. The number of para-hydroxylation sites is 1. The zero-order valence-electron chi connectivity index (χ0n) is 35.9. The fraction of sp³-hybridized carbons (Fsp3) is 0.0159. The van der Waals surface area contributed by atoms with E-state index < -0.39 is 5.41 Å². The molecule has 1 aromatic heterocycles. The van der Waals surface area contributed by atoms with Crippen LogP contribution in [0.15, 0.2) is 253 Å². The molecule has 1 aliphatic heterocycles. The second-order valence-electron chi connectivity index (χ2n) is 17.2. The van der Waals surface area contributed by atoms with Crippen LogP contribution in [0.3, 0.4) is 0 Å². The van der Waals surface area contributed by atoms with Gasteiger partial charge >= 0.3 is 0 Å². The van der Waals surface area contributed by atoms with Crippen molar-refractivity contribution in [1.29, 1.82) is 0 Å². The normalized spacial score (nSPS) is 12.8. The smallest absolute Gasteiger partial charge is 0.178 e. The van der Waals surface area contributed by atoms with Gasteiger partial charge in [-0.3, -0.25) is 0 Å². The summed E-state index contributed by atoms with van der Waals surface area (Å²) >= 11 is 0. The molecule has 3 heteroatoms. The SMILES string of the molecule is c1ccc(-c2ccc(-c3ccc(N(c4ccc(-c5ccc(-c6ccccc6)cc5)cc4)c4ccc5c6c(oc5c4)C4(c5ccccc5O6)c5ccccc5-c5ccccc54)cc3)cc2)cc1. The summed E-state index contributed by atoms with van der Waals surface area (Å²) in [7, 11) is 0. The fourth-order valence-electron chi connectivity index (χ4n) is 10.4. The second kappa shape index (κ2) is 15.3. The van der Waals surface area contributed by atoms with E-state index in [1.807, 2.05) is 0 Å². The number of hydrogen-bond acceptors (Lipinski definition) is 3. The van der Waals surface area contributed by atoms with E-state index in [0.29, 0.717) is 0 Å². The number of anilines is 3. The first-order valence-corrected chi connectivity index (χ1v) is 22.6. The minimum Gasteiger partial charge on any atom is -0.455 e. The highest BCUT2D eigenvalue weighted by molar-refractivity contribution is 5.96. The lowest BCUT2D eigenvalue weighted by molar-refractivity contribution is 0.389. The molecule has 2 heterocycles. The first-order chi connectivity index (χ1) is 32.7. The largest absolute Gasteiger partial charge is 0.455 e. The summed E-state index contributed by atoms with van der Waals surface area (Å²) in [5.74, 6) is 2.41. The van der Waals surface area contributed by atoms with E-state index in [2.05, 4.69) is 254 Å². The standard InChI is InChI=1S/C63H41NO2/c1-3-13-42(14-4-1)44-23-27-46(28-24-44)48-31-35-50(36-32-48)64(51-37-33-49(34-38-51)47-29-25-45(26-30-47)43-15-5-2-6-16-43)52-39-40-55-60(41-52)66-62-61(55)65-59-22-12-11-21-58(59)63(62)56-19-9-7-17-53(56)54-18-8-10-20-57(54)63/h1-41H. The molecule has 66 heavy (non-hydrogen) atoms. The van der Waals surface area contributed by atoms with E-state index in [-0.39, 0.29) is 0 Å². The number of furan rings is 1. The number of nitrogens with zero attached hydrogens (tertiary/aromatic N) is 1. The maximum absolute atomic E-state index is 7.25. The van der Waals surface area contributed by atoms with Crippen molar-refractivity contribution in [3.8, 4) is 67.1 Å². The van der Waals surface area contributed by atoms with E-state index in [1.165, 1.54) is 55.6 Å². The molecular formula is C63H41NO2. The molecule has 0 radical (unpaired) electrons. The molecule has 0 amide bonds. The first kappa shape index (κ1) is 37.9. The van der Waals surface area contributed by atoms with Crippen molar-refractivity contribution in [2.75, 3.05) is 4.90 Å². The molecule has 0 unspecified atom stereocenters. The van der Waals surface area contributed by atoms with Gasteiger partial charge in [0.2, 0.25) is 0 Å². The second-order valence-corrected chi connectivity index (χ2v) is 17.2. The molecule has 13 rings (SSSR count). The zero-order chi connectivity index (χ0) is 43.6. The van der Waals surface area contributed by atoms with Crippen LogP contribution in [0.1, 0.15) is 22.5 Å². The minimum atomic E-state index is -0.680. The van der Waals surface area contributed by atoms with Crippen LogP contribution >= 0.6 is 0 Å². The molecule has 0 bridgehead atoms. The molecule has 0 N–H and O–H groups in total. The van der Waals surface area contributed by atoms with Crippen LogP contribution in [-0.2, 0) is 5.41 Å². The van der Waals surface area contributed by atoms with Gasteiger partial charge in [-0.05, 0) is 109 Å². The Bertz CT molecular complexity index is 3400.